The molecule has 0 atom stereocenters. The van der Waals surface area contributed by atoms with E-state index in [1.807, 2.05) is 50.6 Å². The highest BCUT2D eigenvalue weighted by Gasteiger charge is 2.36. The van der Waals surface area contributed by atoms with Crippen LogP contribution in [0, 0.1) is 11.3 Å². The van der Waals surface area contributed by atoms with Crippen molar-refractivity contribution in [2.24, 2.45) is 18.4 Å². The average Bonchev–Trinajstić information content (AvgIpc) is 3.28. The molecule has 11 heteroatoms. The van der Waals surface area contributed by atoms with Crippen LogP contribution in [-0.4, -0.2) is 46.4 Å². The Bertz CT molecular complexity index is 1580. The van der Waals surface area contributed by atoms with E-state index in [-0.39, 0.29) is 50.1 Å². The Hall–Kier alpha value is -2.91. The molecule has 1 aliphatic heterocycles. The number of hydrogen-bond acceptors (Lipinski definition) is 4. The zero-order chi connectivity index (χ0) is 32.7. The van der Waals surface area contributed by atoms with Crippen molar-refractivity contribution in [2.75, 3.05) is 18.0 Å². The van der Waals surface area contributed by atoms with Crippen LogP contribution in [0.2, 0.25) is 10.0 Å². The Balaban J connectivity index is 1.46. The third-order valence-corrected chi connectivity index (χ3v) is 10.1. The van der Waals surface area contributed by atoms with E-state index in [9.17, 15) is 18.4 Å². The van der Waals surface area contributed by atoms with Crippen molar-refractivity contribution in [1.82, 2.24) is 20.2 Å². The molecule has 2 heterocycles. The van der Waals surface area contributed by atoms with Crippen molar-refractivity contribution >= 4 is 51.7 Å². The molecule has 1 saturated carbocycles. The Morgan fingerprint density at radius 1 is 1.07 bits per heavy atom. The van der Waals surface area contributed by atoms with E-state index < -0.39 is 11.3 Å². The topological polar surface area (TPSA) is 79.3 Å². The predicted octanol–water partition coefficient (Wildman–Crippen LogP) is 7.68. The Morgan fingerprint density at radius 3 is 2.38 bits per heavy atom. The highest BCUT2D eigenvalue weighted by molar-refractivity contribution is 6.36. The fourth-order valence-corrected chi connectivity index (χ4v) is 6.69. The number of fused-ring (bicyclic) bond motifs is 1. The van der Waals surface area contributed by atoms with Gasteiger partial charge in [-0.15, -0.1) is 0 Å². The summed E-state index contributed by atoms with van der Waals surface area (Å²) in [5.74, 6) is -1.67. The smallest absolute Gasteiger partial charge is 0.253 e. The number of nitrogens with zero attached hydrogens (tertiary/aromatic N) is 3. The fourth-order valence-electron chi connectivity index (χ4n) is 6.12. The summed E-state index contributed by atoms with van der Waals surface area (Å²) in [6, 6.07) is 7.15. The highest BCUT2D eigenvalue weighted by Crippen LogP contribution is 2.36. The van der Waals surface area contributed by atoms with E-state index in [2.05, 4.69) is 22.5 Å². The molecule has 1 aromatic heterocycles. The third-order valence-electron chi connectivity index (χ3n) is 9.23. The van der Waals surface area contributed by atoms with Crippen LogP contribution < -0.4 is 15.5 Å². The fraction of sp³-hybridized carbons (Fsp3) is 0.559. The van der Waals surface area contributed by atoms with E-state index >= 15 is 0 Å². The SMILES string of the molecule is CC1CCN(c2cc3c(cc2C(=O)NC2CCC(F)(F)CC2)nc(Cc2c(Cl)ccc(CNC(=O)C(C)(C)C)c2Cl)n3C)CC1. The third kappa shape index (κ3) is 7.57. The number of hydrogen-bond donors (Lipinski definition) is 2. The van der Waals surface area contributed by atoms with Crippen LogP contribution in [0.4, 0.5) is 14.5 Å². The average molecular weight is 663 g/mol. The van der Waals surface area contributed by atoms with Gasteiger partial charge in [0.1, 0.15) is 5.82 Å². The lowest BCUT2D eigenvalue weighted by molar-refractivity contribution is -0.128. The standard InChI is InChI=1S/C34H43Cl2F2N5O2/c1-20-10-14-43(15-11-20)27-18-28-26(16-24(27)31(44)40-22-8-12-34(37,38)13-9-22)41-29(42(28)5)17-23-25(35)7-6-21(30(23)36)19-39-32(45)33(2,3)4/h6-7,16,18,20,22H,8-15,17,19H2,1-5H3,(H,39,45)(H,40,44). The van der Waals surface area contributed by atoms with Crippen molar-refractivity contribution in [3.05, 3.63) is 56.8 Å². The minimum Gasteiger partial charge on any atom is -0.371 e. The lowest BCUT2D eigenvalue weighted by Crippen LogP contribution is -2.41. The molecule has 45 heavy (non-hydrogen) atoms. The zero-order valence-electron chi connectivity index (χ0n) is 26.7. The van der Waals surface area contributed by atoms with Gasteiger partial charge in [-0.05, 0) is 60.9 Å². The Morgan fingerprint density at radius 2 is 1.73 bits per heavy atom. The van der Waals surface area contributed by atoms with Gasteiger partial charge in [0, 0.05) is 62.4 Å². The molecule has 7 nitrogen and oxygen atoms in total. The van der Waals surface area contributed by atoms with E-state index in [0.29, 0.717) is 39.0 Å². The summed E-state index contributed by atoms with van der Waals surface area (Å²) in [6.07, 6.45) is 2.48. The molecule has 0 bridgehead atoms. The van der Waals surface area contributed by atoms with Crippen molar-refractivity contribution < 1.29 is 18.4 Å². The predicted molar refractivity (Wildman–Crippen MR) is 177 cm³/mol. The summed E-state index contributed by atoms with van der Waals surface area (Å²) in [5, 5.41) is 6.96. The molecule has 0 unspecified atom stereocenters. The number of alkyl halides is 2. The van der Waals surface area contributed by atoms with Gasteiger partial charge in [-0.1, -0.05) is 57.0 Å². The van der Waals surface area contributed by atoms with Gasteiger partial charge in [0.25, 0.3) is 5.91 Å². The lowest BCUT2D eigenvalue weighted by Gasteiger charge is -2.34. The molecular weight excluding hydrogens is 619 g/mol. The first-order valence-corrected chi connectivity index (χ1v) is 16.6. The first-order chi connectivity index (χ1) is 21.1. The molecule has 2 aliphatic rings. The second-order valence-corrected chi connectivity index (χ2v) is 14.6. The molecule has 2 fully saturated rings. The van der Waals surface area contributed by atoms with Gasteiger partial charge in [-0.2, -0.15) is 0 Å². The van der Waals surface area contributed by atoms with E-state index in [4.69, 9.17) is 28.2 Å². The van der Waals surface area contributed by atoms with Crippen LogP contribution in [-0.2, 0) is 24.8 Å². The van der Waals surface area contributed by atoms with Gasteiger partial charge in [0.15, 0.2) is 0 Å². The van der Waals surface area contributed by atoms with Crippen molar-refractivity contribution in [2.45, 2.75) is 91.1 Å². The maximum atomic E-state index is 13.8. The van der Waals surface area contributed by atoms with Gasteiger partial charge in [0.05, 0.1) is 27.3 Å². The largest absolute Gasteiger partial charge is 0.371 e. The normalized spacial score (nSPS) is 17.9. The van der Waals surface area contributed by atoms with Gasteiger partial charge >= 0.3 is 0 Å². The molecule has 244 valence electrons. The quantitative estimate of drug-likeness (QED) is 0.272. The Labute approximate surface area is 274 Å². The minimum atomic E-state index is -2.66. The number of imidazole rings is 1. The van der Waals surface area contributed by atoms with Crippen LogP contribution in [0.15, 0.2) is 24.3 Å². The maximum absolute atomic E-state index is 13.8. The number of anilines is 1. The minimum absolute atomic E-state index is 0.0781. The first-order valence-electron chi connectivity index (χ1n) is 15.8. The molecule has 1 aliphatic carbocycles. The van der Waals surface area contributed by atoms with Crippen molar-refractivity contribution in [3.63, 3.8) is 0 Å². The number of benzene rings is 2. The summed E-state index contributed by atoms with van der Waals surface area (Å²) in [4.78, 5) is 33.3. The van der Waals surface area contributed by atoms with Gasteiger partial charge in [-0.3, -0.25) is 9.59 Å². The Kier molecular flexibility index (Phi) is 9.71. The number of nitrogens with one attached hydrogen (secondary N) is 2. The van der Waals surface area contributed by atoms with Crippen LogP contribution >= 0.6 is 23.2 Å². The second-order valence-electron chi connectivity index (χ2n) is 13.8. The zero-order valence-corrected chi connectivity index (χ0v) is 28.2. The van der Waals surface area contributed by atoms with Gasteiger partial charge in [-0.25, -0.2) is 13.8 Å². The van der Waals surface area contributed by atoms with Crippen LogP contribution in [0.25, 0.3) is 11.0 Å². The van der Waals surface area contributed by atoms with Gasteiger partial charge < -0.3 is 20.1 Å². The molecule has 5 rings (SSSR count). The summed E-state index contributed by atoms with van der Waals surface area (Å²) in [7, 11) is 1.93. The summed E-state index contributed by atoms with van der Waals surface area (Å²) in [5.41, 5.74) is 3.80. The van der Waals surface area contributed by atoms with E-state index in [1.54, 1.807) is 6.07 Å². The number of halogens is 4. The molecule has 2 N–H and O–H groups in total. The molecular formula is C34H43Cl2F2N5O2. The molecule has 2 aromatic carbocycles. The summed E-state index contributed by atoms with van der Waals surface area (Å²) >= 11 is 13.5. The van der Waals surface area contributed by atoms with E-state index in [0.717, 1.165) is 48.5 Å². The molecule has 1 saturated heterocycles. The molecule has 0 spiro atoms. The number of aromatic nitrogens is 2. The molecule has 2 amide bonds. The molecule has 3 aromatic rings. The first kappa shape index (κ1) is 33.5. The van der Waals surface area contributed by atoms with Crippen LogP contribution in [0.1, 0.15) is 93.5 Å². The number of rotatable bonds is 7. The molecule has 0 radical (unpaired) electrons. The van der Waals surface area contributed by atoms with Crippen molar-refractivity contribution in [3.8, 4) is 0 Å². The highest BCUT2D eigenvalue weighted by atomic mass is 35.5. The monoisotopic (exact) mass is 661 g/mol. The number of carbonyl (C=O) groups is 2. The van der Waals surface area contributed by atoms with Crippen LogP contribution in [0.3, 0.4) is 0 Å². The number of aryl methyl sites for hydroxylation is 1. The lowest BCUT2D eigenvalue weighted by atomic mass is 9.92. The maximum Gasteiger partial charge on any atom is 0.253 e. The number of amides is 2. The number of piperidine rings is 1. The van der Waals surface area contributed by atoms with Crippen molar-refractivity contribution in [1.29, 1.82) is 0 Å². The summed E-state index contributed by atoms with van der Waals surface area (Å²) in [6.45, 7) is 9.74. The van der Waals surface area contributed by atoms with Gasteiger partial charge in [0.2, 0.25) is 11.8 Å². The summed E-state index contributed by atoms with van der Waals surface area (Å²) < 4.78 is 29.5. The van der Waals surface area contributed by atoms with E-state index in [1.165, 1.54) is 0 Å². The second kappa shape index (κ2) is 13.1. The van der Waals surface area contributed by atoms with Crippen LogP contribution in [0.5, 0.6) is 0 Å². The number of carbonyl (C=O) groups excluding carboxylic acids is 2.